The zero-order chi connectivity index (χ0) is 15.6. The van der Waals surface area contributed by atoms with Crippen LogP contribution in [-0.4, -0.2) is 14.5 Å². The minimum atomic E-state index is -3.97. The zero-order valence-electron chi connectivity index (χ0n) is 10.8. The molecule has 0 saturated heterocycles. The lowest BCUT2D eigenvalue weighted by Gasteiger charge is -2.26. The van der Waals surface area contributed by atoms with Gasteiger partial charge in [-0.05, 0) is 25.1 Å². The Labute approximate surface area is 137 Å². The molecular weight excluding hydrogens is 351 g/mol. The highest BCUT2D eigenvalue weighted by Crippen LogP contribution is 2.37. The Morgan fingerprint density at radius 3 is 2.38 bits per heavy atom. The van der Waals surface area contributed by atoms with Crippen molar-refractivity contribution in [2.45, 2.75) is 17.9 Å². The van der Waals surface area contributed by atoms with Gasteiger partial charge in [-0.15, -0.1) is 11.3 Å². The Morgan fingerprint density at radius 2 is 1.90 bits per heavy atom. The molecule has 1 heterocycles. The maximum Gasteiger partial charge on any atom is 0.267 e. The molecule has 0 N–H and O–H groups in total. The molecule has 110 valence electrons. The monoisotopic (exact) mass is 360 g/mol. The van der Waals surface area contributed by atoms with Crippen LogP contribution in [0.2, 0.25) is 8.67 Å². The van der Waals surface area contributed by atoms with E-state index in [-0.39, 0.29) is 13.6 Å². The molecule has 4 nitrogen and oxygen atoms in total. The first-order chi connectivity index (χ1) is 9.87. The quantitative estimate of drug-likeness (QED) is 0.821. The van der Waals surface area contributed by atoms with E-state index in [0.717, 1.165) is 15.6 Å². The molecule has 0 bridgehead atoms. The van der Waals surface area contributed by atoms with Crippen LogP contribution in [0.5, 0.6) is 0 Å². The van der Waals surface area contributed by atoms with Crippen molar-refractivity contribution in [3.63, 3.8) is 0 Å². The van der Waals surface area contributed by atoms with Crippen LogP contribution in [0.3, 0.4) is 0 Å². The number of anilines is 1. The molecule has 1 unspecified atom stereocenters. The van der Waals surface area contributed by atoms with Crippen LogP contribution in [0, 0.1) is 11.3 Å². The molecule has 2 rings (SSSR count). The predicted octanol–water partition coefficient (Wildman–Crippen LogP) is 4.16. The van der Waals surface area contributed by atoms with E-state index in [0.29, 0.717) is 5.69 Å². The molecule has 2 aromatic rings. The molecule has 0 radical (unpaired) electrons. The molecule has 0 saturated carbocycles. The number of thiophene rings is 1. The third kappa shape index (κ3) is 3.16. The van der Waals surface area contributed by atoms with Crippen molar-refractivity contribution in [1.29, 1.82) is 5.26 Å². The molecule has 0 spiro atoms. The number of nitriles is 1. The van der Waals surface area contributed by atoms with Crippen molar-refractivity contribution >= 4 is 50.2 Å². The number of hydrogen-bond donors (Lipinski definition) is 0. The average Bonchev–Trinajstić information content (AvgIpc) is 2.79. The van der Waals surface area contributed by atoms with Gasteiger partial charge in [-0.1, -0.05) is 41.4 Å². The minimum Gasteiger partial charge on any atom is -0.249 e. The van der Waals surface area contributed by atoms with Gasteiger partial charge in [-0.25, -0.2) is 12.7 Å². The molecule has 8 heteroatoms. The maximum atomic E-state index is 12.8. The van der Waals surface area contributed by atoms with Crippen LogP contribution in [0.1, 0.15) is 6.92 Å². The van der Waals surface area contributed by atoms with E-state index < -0.39 is 16.1 Å². The number of benzene rings is 1. The molecule has 0 fully saturated rings. The molecule has 0 aliphatic rings. The van der Waals surface area contributed by atoms with Gasteiger partial charge in [0.05, 0.1) is 16.1 Å². The fraction of sp³-hybridized carbons (Fsp3) is 0.154. The Kier molecular flexibility index (Phi) is 4.79. The first-order valence-electron chi connectivity index (χ1n) is 5.82. The molecule has 0 amide bonds. The van der Waals surface area contributed by atoms with Gasteiger partial charge in [0, 0.05) is 0 Å². The lowest BCUT2D eigenvalue weighted by atomic mass is 10.3. The fourth-order valence-corrected chi connectivity index (χ4v) is 5.49. The summed E-state index contributed by atoms with van der Waals surface area (Å²) in [6.45, 7) is 1.51. The highest BCUT2D eigenvalue weighted by atomic mass is 35.5. The second kappa shape index (κ2) is 6.24. The van der Waals surface area contributed by atoms with Crippen LogP contribution >= 0.6 is 34.5 Å². The van der Waals surface area contributed by atoms with E-state index in [1.54, 1.807) is 30.3 Å². The molecule has 1 aromatic heterocycles. The summed E-state index contributed by atoms with van der Waals surface area (Å²) in [5.41, 5.74) is 0.393. The lowest BCUT2D eigenvalue weighted by Crippen LogP contribution is -2.37. The number of nitrogens with zero attached hydrogens (tertiary/aromatic N) is 2. The number of halogens is 2. The van der Waals surface area contributed by atoms with Gasteiger partial charge in [0.15, 0.2) is 0 Å². The van der Waals surface area contributed by atoms with Gasteiger partial charge in [-0.3, -0.25) is 0 Å². The van der Waals surface area contributed by atoms with Crippen LogP contribution in [0.25, 0.3) is 0 Å². The molecule has 1 atom stereocenters. The molecular formula is C13H10Cl2N2O2S2. The minimum absolute atomic E-state index is 0.0751. The van der Waals surface area contributed by atoms with E-state index >= 15 is 0 Å². The third-order valence-corrected chi connectivity index (χ3v) is 6.36. The summed E-state index contributed by atoms with van der Waals surface area (Å²) in [5.74, 6) is 0. The summed E-state index contributed by atoms with van der Waals surface area (Å²) in [6.07, 6.45) is 0. The zero-order valence-corrected chi connectivity index (χ0v) is 14.0. The molecule has 0 aliphatic heterocycles. The van der Waals surface area contributed by atoms with Crippen LogP contribution in [0.15, 0.2) is 41.3 Å². The highest BCUT2D eigenvalue weighted by Gasteiger charge is 2.32. The summed E-state index contributed by atoms with van der Waals surface area (Å²) in [4.78, 5) is -0.0925. The topological polar surface area (TPSA) is 61.2 Å². The largest absolute Gasteiger partial charge is 0.267 e. The highest BCUT2D eigenvalue weighted by molar-refractivity contribution is 7.93. The Morgan fingerprint density at radius 1 is 1.29 bits per heavy atom. The first-order valence-corrected chi connectivity index (χ1v) is 8.83. The first kappa shape index (κ1) is 16.1. The van der Waals surface area contributed by atoms with Crippen LogP contribution in [0.4, 0.5) is 5.69 Å². The molecule has 21 heavy (non-hydrogen) atoms. The van der Waals surface area contributed by atoms with Crippen molar-refractivity contribution < 1.29 is 8.42 Å². The second-order valence-corrected chi connectivity index (χ2v) is 8.20. The fourth-order valence-electron chi connectivity index (χ4n) is 1.80. The van der Waals surface area contributed by atoms with Gasteiger partial charge in [0.2, 0.25) is 0 Å². The number of rotatable bonds is 4. The van der Waals surface area contributed by atoms with E-state index in [1.165, 1.54) is 13.0 Å². The number of hydrogen-bond acceptors (Lipinski definition) is 4. The van der Waals surface area contributed by atoms with E-state index in [4.69, 9.17) is 28.5 Å². The average molecular weight is 361 g/mol. The van der Waals surface area contributed by atoms with Crippen molar-refractivity contribution in [1.82, 2.24) is 0 Å². The summed E-state index contributed by atoms with van der Waals surface area (Å²) >= 11 is 12.7. The van der Waals surface area contributed by atoms with E-state index in [1.807, 2.05) is 6.07 Å². The second-order valence-electron chi connectivity index (χ2n) is 4.13. The SMILES string of the molecule is CC(C#N)N(c1ccccc1)S(=O)(=O)c1cc(Cl)sc1Cl. The van der Waals surface area contributed by atoms with Gasteiger partial charge < -0.3 is 0 Å². The summed E-state index contributed by atoms with van der Waals surface area (Å²) in [7, 11) is -3.97. The van der Waals surface area contributed by atoms with Gasteiger partial charge in [0.25, 0.3) is 10.0 Å². The summed E-state index contributed by atoms with van der Waals surface area (Å²) < 4.78 is 27.0. The summed E-state index contributed by atoms with van der Waals surface area (Å²) in [5, 5.41) is 9.14. The predicted molar refractivity (Wildman–Crippen MR) is 85.5 cm³/mol. The van der Waals surface area contributed by atoms with Gasteiger partial charge in [0.1, 0.15) is 15.3 Å². The van der Waals surface area contributed by atoms with E-state index in [2.05, 4.69) is 0 Å². The normalized spacial score (nSPS) is 12.7. The van der Waals surface area contributed by atoms with Crippen LogP contribution in [-0.2, 0) is 10.0 Å². The Balaban J connectivity index is 2.62. The van der Waals surface area contributed by atoms with Gasteiger partial charge >= 0.3 is 0 Å². The standard InChI is InChI=1S/C13H10Cl2N2O2S2/c1-9(8-16)17(10-5-3-2-4-6-10)21(18,19)11-7-12(14)20-13(11)15/h2-7,9H,1H3. The number of para-hydroxylation sites is 1. The lowest BCUT2D eigenvalue weighted by molar-refractivity contribution is 0.588. The molecule has 0 aliphatic carbocycles. The van der Waals surface area contributed by atoms with Crippen molar-refractivity contribution in [2.75, 3.05) is 4.31 Å². The van der Waals surface area contributed by atoms with Crippen LogP contribution < -0.4 is 4.31 Å². The summed E-state index contributed by atoms with van der Waals surface area (Å²) in [6, 6.07) is 10.8. The van der Waals surface area contributed by atoms with Crippen molar-refractivity contribution in [2.24, 2.45) is 0 Å². The molecule has 1 aromatic carbocycles. The third-order valence-electron chi connectivity index (χ3n) is 2.71. The van der Waals surface area contributed by atoms with Gasteiger partial charge in [-0.2, -0.15) is 5.26 Å². The maximum absolute atomic E-state index is 12.8. The van der Waals surface area contributed by atoms with Crippen molar-refractivity contribution in [3.8, 4) is 6.07 Å². The van der Waals surface area contributed by atoms with Crippen molar-refractivity contribution in [3.05, 3.63) is 45.1 Å². The number of sulfonamides is 1. The van der Waals surface area contributed by atoms with E-state index in [9.17, 15) is 8.42 Å². The smallest absolute Gasteiger partial charge is 0.249 e. The Bertz CT molecular complexity index is 782. The Hall–Kier alpha value is -1.26.